The fourth-order valence-corrected chi connectivity index (χ4v) is 4.28. The Balaban J connectivity index is 1.75. The van der Waals surface area contributed by atoms with Crippen LogP contribution >= 0.6 is 15.9 Å². The van der Waals surface area contributed by atoms with Crippen LogP contribution in [0.3, 0.4) is 0 Å². The van der Waals surface area contributed by atoms with Gasteiger partial charge in [-0.05, 0) is 51.9 Å². The zero-order chi connectivity index (χ0) is 19.5. The third-order valence-corrected chi connectivity index (χ3v) is 5.53. The highest BCUT2D eigenvalue weighted by Gasteiger charge is 2.15. The van der Waals surface area contributed by atoms with Gasteiger partial charge in [0.05, 0.1) is 11.0 Å². The van der Waals surface area contributed by atoms with Crippen LogP contribution in [0.5, 0.6) is 0 Å². The van der Waals surface area contributed by atoms with Crippen LogP contribution < -0.4 is 5.59 Å². The Kier molecular flexibility index (Phi) is 3.49. The summed E-state index contributed by atoms with van der Waals surface area (Å²) >= 11 is 3.35. The molecule has 0 N–H and O–H groups in total. The minimum Gasteiger partial charge on any atom is -0.278 e. The van der Waals surface area contributed by atoms with E-state index >= 15 is 0 Å². The maximum atomic E-state index is 6.11. The number of rotatable bonds is 1. The van der Waals surface area contributed by atoms with Crippen LogP contribution in [0.25, 0.3) is 49.6 Å². The fraction of sp³-hybridized carbons (Fsp3) is 0. The van der Waals surface area contributed by atoms with Crippen molar-refractivity contribution in [1.82, 2.24) is 24.5 Å². The van der Waals surface area contributed by atoms with E-state index in [1.54, 1.807) is 6.20 Å². The van der Waals surface area contributed by atoms with Crippen LogP contribution in [0.4, 0.5) is 0 Å². The first-order valence-corrected chi connectivity index (χ1v) is 9.87. The van der Waals surface area contributed by atoms with Gasteiger partial charge >= 0.3 is 0 Å². The van der Waals surface area contributed by atoms with E-state index in [0.29, 0.717) is 10.3 Å². The van der Waals surface area contributed by atoms with E-state index in [-0.39, 0.29) is 0 Å². The highest BCUT2D eigenvalue weighted by molar-refractivity contribution is 9.10. The normalized spacial score (nSPS) is 11.8. The van der Waals surface area contributed by atoms with Gasteiger partial charge in [0.15, 0.2) is 4.73 Å². The Morgan fingerprint density at radius 1 is 0.759 bits per heavy atom. The van der Waals surface area contributed by atoms with Gasteiger partial charge in [-0.15, -0.1) is 0 Å². The largest absolute Gasteiger partial charge is 0.278 e. The third-order valence-electron chi connectivity index (χ3n) is 5.18. The van der Waals surface area contributed by atoms with Gasteiger partial charge in [0, 0.05) is 27.7 Å². The summed E-state index contributed by atoms with van der Waals surface area (Å²) in [6.45, 7) is 0. The molecule has 0 fully saturated rings. The van der Waals surface area contributed by atoms with Gasteiger partial charge in [-0.1, -0.05) is 30.3 Å². The quantitative estimate of drug-likeness (QED) is 0.220. The minimum absolute atomic E-state index is 0.425. The SMILES string of the molecule is [B]c1nc(Br)nc2c1ccc1ccc(-n3c4ccccc4c4cccnc43)nc12. The van der Waals surface area contributed by atoms with Crippen LogP contribution in [0.1, 0.15) is 0 Å². The van der Waals surface area contributed by atoms with E-state index in [2.05, 4.69) is 53.6 Å². The van der Waals surface area contributed by atoms with E-state index in [1.165, 1.54) is 0 Å². The molecule has 0 aliphatic heterocycles. The van der Waals surface area contributed by atoms with Gasteiger partial charge in [-0.3, -0.25) is 4.57 Å². The highest BCUT2D eigenvalue weighted by atomic mass is 79.9. The second kappa shape index (κ2) is 6.09. The summed E-state index contributed by atoms with van der Waals surface area (Å²) in [6, 6.07) is 20.3. The Labute approximate surface area is 175 Å². The summed E-state index contributed by atoms with van der Waals surface area (Å²) in [5, 5.41) is 4.01. The predicted molar refractivity (Wildman–Crippen MR) is 120 cm³/mol. The molecule has 4 aromatic heterocycles. The van der Waals surface area contributed by atoms with Crippen LogP contribution in [0.2, 0.25) is 0 Å². The second-order valence-electron chi connectivity index (χ2n) is 6.81. The van der Waals surface area contributed by atoms with Crippen molar-refractivity contribution in [3.8, 4) is 5.82 Å². The molecule has 4 heterocycles. The summed E-state index contributed by atoms with van der Waals surface area (Å²) in [4.78, 5) is 18.4. The minimum atomic E-state index is 0.425. The van der Waals surface area contributed by atoms with Crippen molar-refractivity contribution in [3.63, 3.8) is 0 Å². The molecule has 29 heavy (non-hydrogen) atoms. The van der Waals surface area contributed by atoms with E-state index in [9.17, 15) is 0 Å². The number of hydrogen-bond donors (Lipinski definition) is 0. The number of fused-ring (bicyclic) bond motifs is 6. The molecule has 0 spiro atoms. The summed E-state index contributed by atoms with van der Waals surface area (Å²) in [7, 11) is 6.11. The Bertz CT molecular complexity index is 1540. The Morgan fingerprint density at radius 3 is 2.52 bits per heavy atom. The number of halogens is 1. The van der Waals surface area contributed by atoms with E-state index in [1.807, 2.05) is 42.5 Å². The number of hydrogen-bond acceptors (Lipinski definition) is 4. The molecule has 0 aliphatic rings. The van der Waals surface area contributed by atoms with Crippen molar-refractivity contribution in [2.45, 2.75) is 0 Å². The predicted octanol–water partition coefficient (Wildman–Crippen LogP) is 4.23. The number of aromatic nitrogens is 5. The van der Waals surface area contributed by atoms with Gasteiger partial charge in [-0.25, -0.2) is 19.9 Å². The van der Waals surface area contributed by atoms with Crippen LogP contribution in [0.15, 0.2) is 71.6 Å². The molecule has 0 aliphatic carbocycles. The van der Waals surface area contributed by atoms with E-state index < -0.39 is 0 Å². The number of para-hydroxylation sites is 1. The number of nitrogens with zero attached hydrogens (tertiary/aromatic N) is 5. The summed E-state index contributed by atoms with van der Waals surface area (Å²) in [5.74, 6) is 0.781. The molecule has 2 radical (unpaired) electrons. The standard InChI is InChI=1S/C22H11BBrN5/c23-20-15-9-7-12-8-10-17(26-18(12)19(15)27-22(24)28-20)29-16-6-2-1-4-13(16)14-5-3-11-25-21(14)29/h1-11H. The van der Waals surface area contributed by atoms with Gasteiger partial charge in [0.1, 0.15) is 24.8 Å². The third kappa shape index (κ3) is 2.40. The number of pyridine rings is 2. The first kappa shape index (κ1) is 16.6. The molecule has 134 valence electrons. The van der Waals surface area contributed by atoms with Crippen molar-refractivity contribution >= 4 is 73.1 Å². The van der Waals surface area contributed by atoms with Gasteiger partial charge in [-0.2, -0.15) is 0 Å². The highest BCUT2D eigenvalue weighted by Crippen LogP contribution is 2.31. The average molecular weight is 436 g/mol. The van der Waals surface area contributed by atoms with E-state index in [0.717, 1.165) is 49.6 Å². The van der Waals surface area contributed by atoms with Gasteiger partial charge in [0.2, 0.25) is 0 Å². The molecule has 0 bridgehead atoms. The first-order valence-electron chi connectivity index (χ1n) is 9.08. The molecule has 5 nitrogen and oxygen atoms in total. The number of benzene rings is 2. The van der Waals surface area contributed by atoms with Gasteiger partial charge < -0.3 is 0 Å². The molecular weight excluding hydrogens is 425 g/mol. The summed E-state index contributed by atoms with van der Waals surface area (Å²) in [6.07, 6.45) is 1.80. The van der Waals surface area contributed by atoms with Crippen molar-refractivity contribution < 1.29 is 0 Å². The lowest BCUT2D eigenvalue weighted by Gasteiger charge is -2.10. The molecule has 0 unspecified atom stereocenters. The van der Waals surface area contributed by atoms with Crippen LogP contribution in [-0.2, 0) is 0 Å². The molecule has 0 atom stereocenters. The molecule has 0 saturated heterocycles. The average Bonchev–Trinajstić information content (AvgIpc) is 3.08. The maximum absolute atomic E-state index is 6.11. The van der Waals surface area contributed by atoms with Crippen molar-refractivity contribution in [1.29, 1.82) is 0 Å². The van der Waals surface area contributed by atoms with Crippen molar-refractivity contribution in [2.75, 3.05) is 0 Å². The van der Waals surface area contributed by atoms with E-state index in [4.69, 9.17) is 12.8 Å². The Morgan fingerprint density at radius 2 is 1.59 bits per heavy atom. The van der Waals surface area contributed by atoms with Crippen molar-refractivity contribution in [2.24, 2.45) is 0 Å². The molecule has 0 saturated carbocycles. The smallest absolute Gasteiger partial charge is 0.196 e. The second-order valence-corrected chi connectivity index (χ2v) is 7.52. The van der Waals surface area contributed by atoms with Crippen LogP contribution in [-0.4, -0.2) is 32.3 Å². The lowest BCUT2D eigenvalue weighted by Crippen LogP contribution is -2.11. The van der Waals surface area contributed by atoms with Gasteiger partial charge in [0.25, 0.3) is 0 Å². The Hall–Kier alpha value is -3.32. The topological polar surface area (TPSA) is 56.5 Å². The lowest BCUT2D eigenvalue weighted by atomic mass is 9.97. The molecule has 2 aromatic carbocycles. The maximum Gasteiger partial charge on any atom is 0.196 e. The molecule has 7 heteroatoms. The monoisotopic (exact) mass is 435 g/mol. The summed E-state index contributed by atoms with van der Waals surface area (Å²) in [5.41, 5.74) is 3.85. The van der Waals surface area contributed by atoms with Crippen molar-refractivity contribution in [3.05, 3.63) is 71.6 Å². The lowest BCUT2D eigenvalue weighted by molar-refractivity contribution is 1.07. The molecule has 0 amide bonds. The fourth-order valence-electron chi connectivity index (χ4n) is 3.91. The zero-order valence-corrected chi connectivity index (χ0v) is 16.6. The first-order chi connectivity index (χ1) is 14.2. The van der Waals surface area contributed by atoms with Crippen LogP contribution in [0, 0.1) is 0 Å². The molecule has 6 aromatic rings. The zero-order valence-electron chi connectivity index (χ0n) is 15.0. The molecule has 6 rings (SSSR count). The molecular formula is C22H11BBrN5. The summed E-state index contributed by atoms with van der Waals surface area (Å²) < 4.78 is 2.53.